The summed E-state index contributed by atoms with van der Waals surface area (Å²) >= 11 is 9.58. The first-order chi connectivity index (χ1) is 19.6. The fourth-order valence-corrected chi connectivity index (χ4v) is 4.70. The van der Waals surface area contributed by atoms with Crippen molar-refractivity contribution in [3.8, 4) is 23.0 Å². The van der Waals surface area contributed by atoms with Crippen LogP contribution in [0.2, 0.25) is 5.02 Å². The number of anilines is 1. The molecule has 4 rings (SSSR count). The van der Waals surface area contributed by atoms with Crippen molar-refractivity contribution in [3.05, 3.63) is 84.8 Å². The third-order valence-corrected chi connectivity index (χ3v) is 6.77. The lowest BCUT2D eigenvalue weighted by Crippen LogP contribution is -2.54. The number of methoxy groups -OCH3 is 3. The summed E-state index contributed by atoms with van der Waals surface area (Å²) in [4.78, 5) is 50.1. The van der Waals surface area contributed by atoms with Gasteiger partial charge in [0.1, 0.15) is 23.7 Å². The zero-order valence-corrected chi connectivity index (χ0v) is 24.1. The molecule has 0 aromatic heterocycles. The topological polar surface area (TPSA) is 147 Å². The second-order valence-corrected chi connectivity index (χ2v) is 9.62. The highest BCUT2D eigenvalue weighted by atomic mass is 79.9. The first-order valence-electron chi connectivity index (χ1n) is 11.6. The molecule has 1 fully saturated rings. The average Bonchev–Trinajstić information content (AvgIpc) is 2.94. The van der Waals surface area contributed by atoms with Crippen LogP contribution in [0.25, 0.3) is 6.08 Å². The summed E-state index contributed by atoms with van der Waals surface area (Å²) in [6.07, 6.45) is 1.30. The minimum absolute atomic E-state index is 0.0170. The van der Waals surface area contributed by atoms with Gasteiger partial charge >= 0.3 is 6.03 Å². The smallest absolute Gasteiger partial charge is 0.336 e. The third kappa shape index (κ3) is 6.10. The molecule has 3 aromatic carbocycles. The summed E-state index contributed by atoms with van der Waals surface area (Å²) in [6, 6.07) is 10.8. The van der Waals surface area contributed by atoms with Gasteiger partial charge in [0.15, 0.2) is 11.5 Å². The summed E-state index contributed by atoms with van der Waals surface area (Å²) in [5.74, 6) is -0.925. The molecule has 12 nitrogen and oxygen atoms in total. The number of ether oxygens (including phenoxy) is 4. The van der Waals surface area contributed by atoms with Crippen LogP contribution in [0.15, 0.2) is 58.6 Å². The maximum atomic E-state index is 13.5. The molecule has 0 radical (unpaired) electrons. The molecule has 4 amide bonds. The highest BCUT2D eigenvalue weighted by Gasteiger charge is 2.38. The van der Waals surface area contributed by atoms with E-state index in [1.165, 1.54) is 57.7 Å². The Labute approximate surface area is 246 Å². The van der Waals surface area contributed by atoms with Gasteiger partial charge in [0, 0.05) is 24.3 Å². The molecule has 0 unspecified atom stereocenters. The molecular weight excluding hydrogens is 626 g/mol. The van der Waals surface area contributed by atoms with Gasteiger partial charge in [-0.2, -0.15) is 0 Å². The number of nitro groups is 1. The molecule has 0 saturated carbocycles. The molecule has 1 aliphatic heterocycles. The van der Waals surface area contributed by atoms with E-state index in [9.17, 15) is 24.5 Å². The van der Waals surface area contributed by atoms with Gasteiger partial charge in [-0.25, -0.2) is 9.69 Å². The van der Waals surface area contributed by atoms with Crippen LogP contribution in [0.3, 0.4) is 0 Å². The van der Waals surface area contributed by atoms with Crippen LogP contribution in [0.5, 0.6) is 23.0 Å². The Morgan fingerprint density at radius 3 is 2.24 bits per heavy atom. The third-order valence-electron chi connectivity index (χ3n) is 5.89. The Balaban J connectivity index is 1.65. The predicted octanol–water partition coefficient (Wildman–Crippen LogP) is 5.28. The number of benzene rings is 3. The number of halogens is 2. The highest BCUT2D eigenvalue weighted by Crippen LogP contribution is 2.40. The van der Waals surface area contributed by atoms with Gasteiger partial charge in [0.05, 0.1) is 41.4 Å². The number of carbonyl (C=O) groups is 3. The van der Waals surface area contributed by atoms with E-state index in [0.29, 0.717) is 21.3 Å². The molecule has 212 valence electrons. The van der Waals surface area contributed by atoms with E-state index in [0.717, 1.165) is 4.90 Å². The maximum absolute atomic E-state index is 13.5. The Morgan fingerprint density at radius 1 is 0.976 bits per heavy atom. The summed E-state index contributed by atoms with van der Waals surface area (Å²) in [6.45, 7) is 0.0811. The van der Waals surface area contributed by atoms with Crippen molar-refractivity contribution in [2.45, 2.75) is 6.61 Å². The predicted molar refractivity (Wildman–Crippen MR) is 152 cm³/mol. The van der Waals surface area contributed by atoms with Gasteiger partial charge < -0.3 is 18.9 Å². The van der Waals surface area contributed by atoms with Crippen LogP contribution in [0.4, 0.5) is 16.2 Å². The van der Waals surface area contributed by atoms with Crippen molar-refractivity contribution in [3.63, 3.8) is 0 Å². The SMILES string of the molecule is COc1cc(N2C(=O)NC(=O)/C(=C\c3cc(Br)c(OCc4ccc([N+](=O)[O-])cc4)c(OC)c3)C2=O)c(OC)cc1Cl. The standard InChI is InChI=1S/C27H21BrClN3O9/c1-38-21-12-20(22(39-2)11-19(21)29)31-26(34)17(25(33)30-27(31)35)8-15-9-18(28)24(23(10-15)40-3)41-13-14-4-6-16(7-5-14)32(36)37/h4-12H,13H2,1-3H3,(H,30,33,35)/b17-8+. The number of hydrogen-bond donors (Lipinski definition) is 1. The number of urea groups is 1. The molecule has 1 N–H and O–H groups in total. The molecule has 1 aliphatic rings. The summed E-state index contributed by atoms with van der Waals surface area (Å²) < 4.78 is 22.3. The summed E-state index contributed by atoms with van der Waals surface area (Å²) in [7, 11) is 4.12. The van der Waals surface area contributed by atoms with Crippen molar-refractivity contribution in [2.75, 3.05) is 26.2 Å². The lowest BCUT2D eigenvalue weighted by atomic mass is 10.1. The Kier molecular flexibility index (Phi) is 8.79. The lowest BCUT2D eigenvalue weighted by Gasteiger charge is -2.28. The van der Waals surface area contributed by atoms with Crippen LogP contribution in [0.1, 0.15) is 11.1 Å². The summed E-state index contributed by atoms with van der Waals surface area (Å²) in [5, 5.41) is 13.2. The summed E-state index contributed by atoms with van der Waals surface area (Å²) in [5.41, 5.74) is 0.696. The van der Waals surface area contributed by atoms with Gasteiger partial charge in [-0.15, -0.1) is 0 Å². The highest BCUT2D eigenvalue weighted by molar-refractivity contribution is 9.10. The molecule has 0 spiro atoms. The van der Waals surface area contributed by atoms with E-state index in [1.54, 1.807) is 18.2 Å². The van der Waals surface area contributed by atoms with Gasteiger partial charge in [-0.05, 0) is 57.4 Å². The fourth-order valence-electron chi connectivity index (χ4n) is 3.89. The first kappa shape index (κ1) is 29.4. The number of carbonyl (C=O) groups excluding carboxylic acids is 3. The number of nitrogens with zero attached hydrogens (tertiary/aromatic N) is 2. The number of nitrogens with one attached hydrogen (secondary N) is 1. The molecule has 41 heavy (non-hydrogen) atoms. The first-order valence-corrected chi connectivity index (χ1v) is 12.8. The molecule has 14 heteroatoms. The van der Waals surface area contributed by atoms with Crippen molar-refractivity contribution in [1.82, 2.24) is 5.32 Å². The Hall–Kier alpha value is -4.62. The number of non-ortho nitro benzene ring substituents is 1. The average molecular weight is 647 g/mol. The zero-order valence-electron chi connectivity index (χ0n) is 21.7. The molecule has 1 saturated heterocycles. The van der Waals surface area contributed by atoms with E-state index >= 15 is 0 Å². The number of rotatable bonds is 9. The van der Waals surface area contributed by atoms with E-state index in [1.807, 2.05) is 0 Å². The zero-order chi connectivity index (χ0) is 29.8. The monoisotopic (exact) mass is 645 g/mol. The number of imide groups is 2. The van der Waals surface area contributed by atoms with Crippen molar-refractivity contribution in [1.29, 1.82) is 0 Å². The minimum atomic E-state index is -0.978. The van der Waals surface area contributed by atoms with Crippen molar-refractivity contribution in [2.24, 2.45) is 0 Å². The molecule has 0 bridgehead atoms. The molecule has 3 aromatic rings. The number of amides is 4. The quantitative estimate of drug-likeness (QED) is 0.142. The van der Waals surface area contributed by atoms with Crippen molar-refractivity contribution < 1.29 is 38.3 Å². The Bertz CT molecular complexity index is 1590. The van der Waals surface area contributed by atoms with E-state index in [2.05, 4.69) is 21.2 Å². The van der Waals surface area contributed by atoms with Gasteiger partial charge in [-0.3, -0.25) is 25.0 Å². The number of hydrogen-bond acceptors (Lipinski definition) is 9. The fraction of sp³-hybridized carbons (Fsp3) is 0.148. The second-order valence-electron chi connectivity index (χ2n) is 8.36. The van der Waals surface area contributed by atoms with Crippen LogP contribution >= 0.6 is 27.5 Å². The largest absolute Gasteiger partial charge is 0.495 e. The normalized spacial score (nSPS) is 14.1. The van der Waals surface area contributed by atoms with Gasteiger partial charge in [0.2, 0.25) is 0 Å². The van der Waals surface area contributed by atoms with Crippen molar-refractivity contribution >= 4 is 62.8 Å². The molecule has 0 atom stereocenters. The number of barbiturate groups is 1. The van der Waals surface area contributed by atoms with E-state index < -0.39 is 22.8 Å². The van der Waals surface area contributed by atoms with Crippen LogP contribution in [-0.4, -0.2) is 44.1 Å². The van der Waals surface area contributed by atoms with Crippen LogP contribution in [-0.2, 0) is 16.2 Å². The Morgan fingerprint density at radius 2 is 1.63 bits per heavy atom. The van der Waals surface area contributed by atoms with Crippen LogP contribution < -0.4 is 29.2 Å². The maximum Gasteiger partial charge on any atom is 0.336 e. The van der Waals surface area contributed by atoms with Gasteiger partial charge in [-0.1, -0.05) is 11.6 Å². The molecule has 0 aliphatic carbocycles. The molecule has 1 heterocycles. The number of nitro benzene ring substituents is 1. The van der Waals surface area contributed by atoms with Crippen LogP contribution in [0, 0.1) is 10.1 Å². The second kappa shape index (κ2) is 12.3. The van der Waals surface area contributed by atoms with E-state index in [4.69, 9.17) is 30.5 Å². The molecular formula is C27H21BrClN3O9. The van der Waals surface area contributed by atoms with Gasteiger partial charge in [0.25, 0.3) is 17.5 Å². The van der Waals surface area contributed by atoms with E-state index in [-0.39, 0.29) is 45.8 Å². The lowest BCUT2D eigenvalue weighted by molar-refractivity contribution is -0.384. The minimum Gasteiger partial charge on any atom is -0.495 e.